The van der Waals surface area contributed by atoms with Crippen molar-refractivity contribution < 1.29 is 38.1 Å². The van der Waals surface area contributed by atoms with Gasteiger partial charge in [-0.2, -0.15) is 0 Å². The Kier molecular flexibility index (Phi) is 10.5. The molecule has 202 valence electrons. The van der Waals surface area contributed by atoms with Crippen LogP contribution in [0.1, 0.15) is 62.7 Å². The Hall–Kier alpha value is -4.07. The third-order valence-corrected chi connectivity index (χ3v) is 5.87. The summed E-state index contributed by atoms with van der Waals surface area (Å²) in [4.78, 5) is 35.9. The molecule has 0 aliphatic carbocycles. The summed E-state index contributed by atoms with van der Waals surface area (Å²) in [6.45, 7) is 11.2. The Morgan fingerprint density at radius 2 is 1.61 bits per heavy atom. The standard InChI is InChI=1S/C30H34O8/c1-5-8-10-28(38-27(31)7-3)35-23-15-17-24(18-16-23)36-30(33)21-11-13-22(14-12-21)34-25(9-6-2)26-19-20(4)29(32)37-26/h7,11-18,25-26,28H,3-6,8-10,19H2,1-2H3. The summed E-state index contributed by atoms with van der Waals surface area (Å²) < 4.78 is 27.9. The molecular formula is C30H34O8. The number of carbonyl (C=O) groups excluding carboxylic acids is 3. The SMILES string of the molecule is C=CC(=O)OC(CCCC)Oc1ccc(OC(=O)c2ccc(OC(CCC)C3CC(=C)C(=O)O3)cc2)cc1. The normalized spacial score (nSPS) is 16.2. The van der Waals surface area contributed by atoms with Gasteiger partial charge in [0.1, 0.15) is 29.5 Å². The van der Waals surface area contributed by atoms with Gasteiger partial charge in [0.2, 0.25) is 6.29 Å². The third kappa shape index (κ3) is 8.23. The number of unbranched alkanes of at least 4 members (excludes halogenated alkanes) is 1. The monoisotopic (exact) mass is 522 g/mol. The number of esters is 3. The summed E-state index contributed by atoms with van der Waals surface area (Å²) in [5, 5.41) is 0. The first-order valence-electron chi connectivity index (χ1n) is 12.8. The van der Waals surface area contributed by atoms with Crippen LogP contribution in [0.5, 0.6) is 17.2 Å². The molecule has 1 saturated heterocycles. The molecule has 0 aromatic heterocycles. The van der Waals surface area contributed by atoms with Gasteiger partial charge in [-0.1, -0.05) is 39.8 Å². The molecule has 0 amide bonds. The third-order valence-electron chi connectivity index (χ3n) is 5.87. The lowest BCUT2D eigenvalue weighted by molar-refractivity contribution is -0.158. The fraction of sp³-hybridized carbons (Fsp3) is 0.367. The number of carbonyl (C=O) groups is 3. The number of rotatable bonds is 14. The first-order valence-corrected chi connectivity index (χ1v) is 12.8. The van der Waals surface area contributed by atoms with Crippen LogP contribution in [-0.2, 0) is 19.1 Å². The molecule has 2 aromatic carbocycles. The van der Waals surface area contributed by atoms with Gasteiger partial charge < -0.3 is 23.7 Å². The van der Waals surface area contributed by atoms with Gasteiger partial charge >= 0.3 is 17.9 Å². The number of hydrogen-bond donors (Lipinski definition) is 0. The van der Waals surface area contributed by atoms with E-state index in [-0.39, 0.29) is 18.2 Å². The van der Waals surface area contributed by atoms with Gasteiger partial charge in [0, 0.05) is 24.5 Å². The van der Waals surface area contributed by atoms with Crippen LogP contribution in [0.2, 0.25) is 0 Å². The van der Waals surface area contributed by atoms with Crippen LogP contribution >= 0.6 is 0 Å². The molecule has 3 rings (SSSR count). The zero-order chi connectivity index (χ0) is 27.5. The van der Waals surface area contributed by atoms with Gasteiger partial charge in [-0.15, -0.1) is 0 Å². The molecular weight excluding hydrogens is 488 g/mol. The second-order valence-electron chi connectivity index (χ2n) is 8.91. The first-order chi connectivity index (χ1) is 18.3. The van der Waals surface area contributed by atoms with Crippen molar-refractivity contribution >= 4 is 17.9 Å². The van der Waals surface area contributed by atoms with Crippen molar-refractivity contribution in [2.45, 2.75) is 70.9 Å². The van der Waals surface area contributed by atoms with E-state index in [2.05, 4.69) is 13.2 Å². The van der Waals surface area contributed by atoms with E-state index in [1.165, 1.54) is 0 Å². The Morgan fingerprint density at radius 3 is 2.18 bits per heavy atom. The Balaban J connectivity index is 1.57. The average Bonchev–Trinajstić information content (AvgIpc) is 3.26. The molecule has 0 saturated carbocycles. The Bertz CT molecular complexity index is 1100. The lowest BCUT2D eigenvalue weighted by Gasteiger charge is -2.23. The lowest BCUT2D eigenvalue weighted by atomic mass is 10.0. The second-order valence-corrected chi connectivity index (χ2v) is 8.91. The molecule has 8 nitrogen and oxygen atoms in total. The van der Waals surface area contributed by atoms with Gasteiger partial charge in [0.25, 0.3) is 0 Å². The molecule has 1 aliphatic rings. The van der Waals surface area contributed by atoms with E-state index in [0.717, 1.165) is 25.3 Å². The van der Waals surface area contributed by atoms with Gasteiger partial charge in [-0.25, -0.2) is 14.4 Å². The molecule has 0 N–H and O–H groups in total. The highest BCUT2D eigenvalue weighted by atomic mass is 16.7. The number of cyclic esters (lactones) is 1. The maximum absolute atomic E-state index is 12.6. The van der Waals surface area contributed by atoms with E-state index < -0.39 is 18.2 Å². The minimum absolute atomic E-state index is 0.302. The summed E-state index contributed by atoms with van der Waals surface area (Å²) in [7, 11) is 0. The highest BCUT2D eigenvalue weighted by molar-refractivity contribution is 5.91. The molecule has 2 aromatic rings. The van der Waals surface area contributed by atoms with Crippen molar-refractivity contribution in [3.8, 4) is 17.2 Å². The summed E-state index contributed by atoms with van der Waals surface area (Å²) >= 11 is 0. The fourth-order valence-corrected chi connectivity index (χ4v) is 3.84. The number of hydrogen-bond acceptors (Lipinski definition) is 8. The van der Waals surface area contributed by atoms with Gasteiger partial charge in [0.15, 0.2) is 0 Å². The molecule has 38 heavy (non-hydrogen) atoms. The summed E-state index contributed by atoms with van der Waals surface area (Å²) in [5.74, 6) is -0.0989. The van der Waals surface area contributed by atoms with Crippen molar-refractivity contribution in [3.05, 3.63) is 78.9 Å². The predicted octanol–water partition coefficient (Wildman–Crippen LogP) is 5.95. The molecule has 3 atom stereocenters. The van der Waals surface area contributed by atoms with Crippen LogP contribution in [0.3, 0.4) is 0 Å². The van der Waals surface area contributed by atoms with E-state index in [9.17, 15) is 14.4 Å². The smallest absolute Gasteiger partial charge is 0.343 e. The molecule has 3 unspecified atom stereocenters. The highest BCUT2D eigenvalue weighted by Gasteiger charge is 2.34. The minimum Gasteiger partial charge on any atom is -0.487 e. The lowest BCUT2D eigenvalue weighted by Crippen LogP contribution is -2.31. The van der Waals surface area contributed by atoms with Crippen LogP contribution in [0.15, 0.2) is 73.3 Å². The van der Waals surface area contributed by atoms with Crippen LogP contribution in [0.4, 0.5) is 0 Å². The summed E-state index contributed by atoms with van der Waals surface area (Å²) in [6, 6.07) is 13.1. The number of ether oxygens (including phenoxy) is 5. The van der Waals surface area contributed by atoms with Crippen molar-refractivity contribution in [2.24, 2.45) is 0 Å². The molecule has 1 fully saturated rings. The van der Waals surface area contributed by atoms with E-state index in [4.69, 9.17) is 23.7 Å². The topological polar surface area (TPSA) is 97.4 Å². The number of benzene rings is 2. The molecule has 1 heterocycles. The minimum atomic E-state index is -0.731. The van der Waals surface area contributed by atoms with Crippen molar-refractivity contribution in [2.75, 3.05) is 0 Å². The Morgan fingerprint density at radius 1 is 0.974 bits per heavy atom. The second kappa shape index (κ2) is 14.0. The van der Waals surface area contributed by atoms with E-state index in [1.54, 1.807) is 48.5 Å². The maximum atomic E-state index is 12.6. The molecule has 0 radical (unpaired) electrons. The zero-order valence-corrected chi connectivity index (χ0v) is 21.9. The Labute approximate surface area is 223 Å². The van der Waals surface area contributed by atoms with Crippen LogP contribution in [-0.4, -0.2) is 36.4 Å². The molecule has 1 aliphatic heterocycles. The molecule has 0 spiro atoms. The maximum Gasteiger partial charge on any atom is 0.343 e. The average molecular weight is 523 g/mol. The zero-order valence-electron chi connectivity index (χ0n) is 21.9. The summed E-state index contributed by atoms with van der Waals surface area (Å²) in [5.41, 5.74) is 0.797. The summed E-state index contributed by atoms with van der Waals surface area (Å²) in [6.07, 6.45) is 4.01. The van der Waals surface area contributed by atoms with Crippen molar-refractivity contribution in [1.29, 1.82) is 0 Å². The highest BCUT2D eigenvalue weighted by Crippen LogP contribution is 2.27. The first kappa shape index (κ1) is 28.5. The fourth-order valence-electron chi connectivity index (χ4n) is 3.84. The van der Waals surface area contributed by atoms with E-state index in [1.807, 2.05) is 13.8 Å². The van der Waals surface area contributed by atoms with Crippen molar-refractivity contribution in [3.63, 3.8) is 0 Å². The van der Waals surface area contributed by atoms with Gasteiger partial charge in [-0.05, 0) is 61.4 Å². The van der Waals surface area contributed by atoms with E-state index >= 15 is 0 Å². The van der Waals surface area contributed by atoms with Crippen LogP contribution < -0.4 is 14.2 Å². The van der Waals surface area contributed by atoms with Crippen LogP contribution in [0.25, 0.3) is 0 Å². The van der Waals surface area contributed by atoms with E-state index in [0.29, 0.717) is 47.6 Å². The van der Waals surface area contributed by atoms with Crippen LogP contribution in [0, 0.1) is 0 Å². The van der Waals surface area contributed by atoms with Crippen molar-refractivity contribution in [1.82, 2.24) is 0 Å². The molecule has 0 bridgehead atoms. The quantitative estimate of drug-likeness (QED) is 0.130. The van der Waals surface area contributed by atoms with Gasteiger partial charge in [-0.3, -0.25) is 0 Å². The van der Waals surface area contributed by atoms with Gasteiger partial charge in [0.05, 0.1) is 5.56 Å². The molecule has 8 heteroatoms. The predicted molar refractivity (Wildman–Crippen MR) is 141 cm³/mol. The largest absolute Gasteiger partial charge is 0.487 e.